The van der Waals surface area contributed by atoms with Crippen molar-refractivity contribution in [2.24, 2.45) is 0 Å². The Kier molecular flexibility index (Phi) is 4.89. The normalized spacial score (nSPS) is 14.2. The topological polar surface area (TPSA) is 44.8 Å². The summed E-state index contributed by atoms with van der Waals surface area (Å²) in [5.41, 5.74) is 2.24. The molecule has 0 bridgehead atoms. The highest BCUT2D eigenvalue weighted by Gasteiger charge is 2.28. The van der Waals surface area contributed by atoms with E-state index >= 15 is 0 Å². The number of fused-ring (bicyclic) bond motifs is 1. The summed E-state index contributed by atoms with van der Waals surface area (Å²) in [6.07, 6.45) is 1.70. The minimum absolute atomic E-state index is 0.146. The second kappa shape index (κ2) is 7.26. The van der Waals surface area contributed by atoms with Crippen LogP contribution in [0.25, 0.3) is 6.08 Å². The molecule has 2 aromatic carbocycles. The molecule has 1 heterocycles. The fourth-order valence-electron chi connectivity index (χ4n) is 2.50. The van der Waals surface area contributed by atoms with E-state index in [-0.39, 0.29) is 11.5 Å². The van der Waals surface area contributed by atoms with Crippen LogP contribution in [0.15, 0.2) is 60.4 Å². The molecular formula is C21H20O4. The lowest BCUT2D eigenvalue weighted by Gasteiger charge is -2.09. The van der Waals surface area contributed by atoms with Gasteiger partial charge in [-0.3, -0.25) is 4.79 Å². The standard InChI is InChI=1S/C21H20O4/c1-4-23-16-9-10-17-19(12-16)25-20(21(17)22)11-15-7-5-6-8-18(15)24-13-14(2)3/h5-12H,2,4,13H2,1,3H3/b20-11-. The molecule has 4 heteroatoms. The SMILES string of the molecule is C=C(C)COc1ccccc1/C=C1\Oc2cc(OCC)ccc2C1=O. The number of rotatable bonds is 6. The Labute approximate surface area is 147 Å². The van der Waals surface area contributed by atoms with Gasteiger partial charge in [-0.2, -0.15) is 0 Å². The first-order valence-corrected chi connectivity index (χ1v) is 8.15. The van der Waals surface area contributed by atoms with Crippen molar-refractivity contribution < 1.29 is 19.0 Å². The molecule has 0 fully saturated rings. The van der Waals surface area contributed by atoms with Crippen LogP contribution in [0.1, 0.15) is 29.8 Å². The summed E-state index contributed by atoms with van der Waals surface area (Å²) in [5.74, 6) is 2.01. The van der Waals surface area contributed by atoms with Crippen molar-refractivity contribution in [1.29, 1.82) is 0 Å². The number of allylic oxidation sites excluding steroid dienone is 1. The number of carbonyl (C=O) groups is 1. The lowest BCUT2D eigenvalue weighted by Crippen LogP contribution is -2.01. The van der Waals surface area contributed by atoms with Crippen molar-refractivity contribution in [3.63, 3.8) is 0 Å². The average molecular weight is 336 g/mol. The van der Waals surface area contributed by atoms with Crippen LogP contribution in [0.2, 0.25) is 0 Å². The quantitative estimate of drug-likeness (QED) is 0.569. The van der Waals surface area contributed by atoms with Crippen molar-refractivity contribution in [2.75, 3.05) is 13.2 Å². The van der Waals surface area contributed by atoms with Crippen LogP contribution < -0.4 is 14.2 Å². The van der Waals surface area contributed by atoms with Crippen LogP contribution in [0, 0.1) is 0 Å². The Morgan fingerprint density at radius 2 is 2.00 bits per heavy atom. The Hall–Kier alpha value is -3.01. The fraction of sp³-hybridized carbons (Fsp3) is 0.190. The summed E-state index contributed by atoms with van der Waals surface area (Å²) in [6, 6.07) is 12.8. The number of para-hydroxylation sites is 1. The Morgan fingerprint density at radius 3 is 2.76 bits per heavy atom. The van der Waals surface area contributed by atoms with Crippen LogP contribution in [-0.4, -0.2) is 19.0 Å². The van der Waals surface area contributed by atoms with E-state index in [0.29, 0.717) is 36.0 Å². The van der Waals surface area contributed by atoms with E-state index < -0.39 is 0 Å². The third-order valence-electron chi connectivity index (χ3n) is 3.63. The summed E-state index contributed by atoms with van der Waals surface area (Å²) in [5, 5.41) is 0. The first kappa shape index (κ1) is 16.8. The Balaban J connectivity index is 1.88. The van der Waals surface area contributed by atoms with Gasteiger partial charge in [0.2, 0.25) is 5.78 Å². The van der Waals surface area contributed by atoms with Crippen LogP contribution in [0.4, 0.5) is 0 Å². The minimum atomic E-state index is -0.146. The second-order valence-corrected chi connectivity index (χ2v) is 5.81. The van der Waals surface area contributed by atoms with E-state index in [2.05, 4.69) is 6.58 Å². The lowest BCUT2D eigenvalue weighted by atomic mass is 10.1. The predicted molar refractivity (Wildman–Crippen MR) is 97.3 cm³/mol. The highest BCUT2D eigenvalue weighted by atomic mass is 16.5. The smallest absolute Gasteiger partial charge is 0.231 e. The highest BCUT2D eigenvalue weighted by molar-refractivity contribution is 6.14. The fourth-order valence-corrected chi connectivity index (χ4v) is 2.50. The van der Waals surface area contributed by atoms with Gasteiger partial charge in [0.1, 0.15) is 23.9 Å². The number of hydrogen-bond acceptors (Lipinski definition) is 4. The van der Waals surface area contributed by atoms with Crippen molar-refractivity contribution in [1.82, 2.24) is 0 Å². The molecule has 0 aliphatic carbocycles. The maximum Gasteiger partial charge on any atom is 0.231 e. The predicted octanol–water partition coefficient (Wildman–Crippen LogP) is 4.66. The van der Waals surface area contributed by atoms with E-state index in [9.17, 15) is 4.79 Å². The van der Waals surface area contributed by atoms with Crippen LogP contribution in [0.3, 0.4) is 0 Å². The van der Waals surface area contributed by atoms with Crippen molar-refractivity contribution in [3.05, 3.63) is 71.5 Å². The molecule has 3 rings (SSSR count). The first-order valence-electron chi connectivity index (χ1n) is 8.15. The zero-order valence-electron chi connectivity index (χ0n) is 14.4. The Bertz CT molecular complexity index is 849. The third-order valence-corrected chi connectivity index (χ3v) is 3.63. The number of hydrogen-bond donors (Lipinski definition) is 0. The zero-order valence-corrected chi connectivity index (χ0v) is 14.4. The molecule has 1 aliphatic rings. The molecule has 25 heavy (non-hydrogen) atoms. The molecule has 2 aromatic rings. The average Bonchev–Trinajstić information content (AvgIpc) is 2.90. The maximum absolute atomic E-state index is 12.6. The summed E-state index contributed by atoms with van der Waals surface area (Å²) in [4.78, 5) is 12.6. The van der Waals surface area contributed by atoms with Gasteiger partial charge in [0, 0.05) is 11.6 Å². The van der Waals surface area contributed by atoms with E-state index in [0.717, 1.165) is 11.1 Å². The number of benzene rings is 2. The Morgan fingerprint density at radius 1 is 1.20 bits per heavy atom. The molecule has 0 saturated carbocycles. The van der Waals surface area contributed by atoms with Gasteiger partial charge in [-0.1, -0.05) is 24.8 Å². The largest absolute Gasteiger partial charge is 0.494 e. The lowest BCUT2D eigenvalue weighted by molar-refractivity contribution is 0.101. The third kappa shape index (κ3) is 3.74. The number of ether oxygens (including phenoxy) is 3. The van der Waals surface area contributed by atoms with Gasteiger partial charge in [0.25, 0.3) is 0 Å². The van der Waals surface area contributed by atoms with Crippen LogP contribution >= 0.6 is 0 Å². The van der Waals surface area contributed by atoms with Crippen LogP contribution in [-0.2, 0) is 0 Å². The molecule has 128 valence electrons. The van der Waals surface area contributed by atoms with Gasteiger partial charge >= 0.3 is 0 Å². The van der Waals surface area contributed by atoms with Crippen molar-refractivity contribution in [3.8, 4) is 17.2 Å². The zero-order chi connectivity index (χ0) is 17.8. The van der Waals surface area contributed by atoms with E-state index in [1.54, 1.807) is 24.3 Å². The van der Waals surface area contributed by atoms with Gasteiger partial charge < -0.3 is 14.2 Å². The van der Waals surface area contributed by atoms with Gasteiger partial charge in [0.15, 0.2) is 5.76 Å². The molecule has 0 aromatic heterocycles. The molecule has 1 aliphatic heterocycles. The molecule has 0 unspecified atom stereocenters. The molecule has 0 radical (unpaired) electrons. The van der Waals surface area contributed by atoms with E-state index in [1.807, 2.05) is 38.1 Å². The molecule has 0 N–H and O–H groups in total. The summed E-state index contributed by atoms with van der Waals surface area (Å²) in [7, 11) is 0. The molecule has 0 amide bonds. The summed E-state index contributed by atoms with van der Waals surface area (Å²) in [6.45, 7) is 8.63. The molecule has 0 atom stereocenters. The molecule has 0 spiro atoms. The van der Waals surface area contributed by atoms with E-state index in [4.69, 9.17) is 14.2 Å². The minimum Gasteiger partial charge on any atom is -0.494 e. The monoisotopic (exact) mass is 336 g/mol. The summed E-state index contributed by atoms with van der Waals surface area (Å²) >= 11 is 0. The van der Waals surface area contributed by atoms with Crippen molar-refractivity contribution in [2.45, 2.75) is 13.8 Å². The second-order valence-electron chi connectivity index (χ2n) is 5.81. The van der Waals surface area contributed by atoms with Gasteiger partial charge in [-0.25, -0.2) is 0 Å². The summed E-state index contributed by atoms with van der Waals surface area (Å²) < 4.78 is 16.9. The molecule has 0 saturated heterocycles. The first-order chi connectivity index (χ1) is 12.1. The number of carbonyl (C=O) groups excluding carboxylic acids is 1. The van der Waals surface area contributed by atoms with Gasteiger partial charge in [0.05, 0.1) is 12.2 Å². The van der Waals surface area contributed by atoms with Crippen LogP contribution in [0.5, 0.6) is 17.2 Å². The van der Waals surface area contributed by atoms with Gasteiger partial charge in [-0.05, 0) is 43.7 Å². The maximum atomic E-state index is 12.6. The molecule has 4 nitrogen and oxygen atoms in total. The van der Waals surface area contributed by atoms with E-state index in [1.165, 1.54) is 0 Å². The number of ketones is 1. The number of Topliss-reactive ketones (excluding diaryl/α,β-unsaturated/α-hetero) is 1. The van der Waals surface area contributed by atoms with Gasteiger partial charge in [-0.15, -0.1) is 0 Å². The molecular weight excluding hydrogens is 316 g/mol. The highest BCUT2D eigenvalue weighted by Crippen LogP contribution is 2.35. The van der Waals surface area contributed by atoms with Crippen molar-refractivity contribution >= 4 is 11.9 Å².